The molecule has 0 aliphatic carbocycles. The van der Waals surface area contributed by atoms with E-state index in [1.807, 2.05) is 30.8 Å². The molecule has 1 rings (SSSR count). The van der Waals surface area contributed by atoms with E-state index < -0.39 is 12.8 Å². The molecule has 0 spiro atoms. The summed E-state index contributed by atoms with van der Waals surface area (Å²) in [5, 5.41) is 6.49. The van der Waals surface area contributed by atoms with Crippen LogP contribution in [0.4, 0.5) is 13.2 Å². The van der Waals surface area contributed by atoms with Crippen LogP contribution in [0.25, 0.3) is 0 Å². The number of thioether (sulfide) groups is 1. The maximum atomic E-state index is 12.1. The van der Waals surface area contributed by atoms with Gasteiger partial charge >= 0.3 is 6.18 Å². The Balaban J connectivity index is 2.50. The predicted molar refractivity (Wildman–Crippen MR) is 103 cm³/mol. The van der Waals surface area contributed by atoms with Crippen molar-refractivity contribution < 1.29 is 17.9 Å². The summed E-state index contributed by atoms with van der Waals surface area (Å²) in [6.45, 7) is 2.78. The first-order valence-corrected chi connectivity index (χ1v) is 10.1. The lowest BCUT2D eigenvalue weighted by atomic mass is 10.1. The summed E-state index contributed by atoms with van der Waals surface area (Å²) in [6, 6.07) is 7.28. The quantitative estimate of drug-likeness (QED) is 0.340. The van der Waals surface area contributed by atoms with Gasteiger partial charge < -0.3 is 15.4 Å². The van der Waals surface area contributed by atoms with Crippen LogP contribution in [-0.2, 0) is 17.9 Å². The molecule has 0 aliphatic rings. The molecule has 1 aromatic carbocycles. The fourth-order valence-electron chi connectivity index (χ4n) is 2.19. The average Bonchev–Trinajstić information content (AvgIpc) is 2.58. The van der Waals surface area contributed by atoms with Crippen molar-refractivity contribution in [1.29, 1.82) is 0 Å². The topological polar surface area (TPSA) is 45.7 Å². The van der Waals surface area contributed by atoms with Crippen molar-refractivity contribution in [3.05, 3.63) is 35.4 Å². The molecule has 8 heteroatoms. The second-order valence-electron chi connectivity index (χ2n) is 5.75. The van der Waals surface area contributed by atoms with Gasteiger partial charge in [0, 0.05) is 13.1 Å². The molecule has 1 aromatic rings. The molecule has 0 amide bonds. The Hall–Kier alpha value is -1.41. The summed E-state index contributed by atoms with van der Waals surface area (Å²) in [7, 11) is 0. The van der Waals surface area contributed by atoms with E-state index in [4.69, 9.17) is 4.74 Å². The van der Waals surface area contributed by atoms with Crippen molar-refractivity contribution in [3.63, 3.8) is 0 Å². The van der Waals surface area contributed by atoms with E-state index in [1.165, 1.54) is 0 Å². The summed E-state index contributed by atoms with van der Waals surface area (Å²) in [4.78, 5) is 4.53. The first kappa shape index (κ1) is 22.6. The van der Waals surface area contributed by atoms with Crippen molar-refractivity contribution in [2.24, 2.45) is 4.99 Å². The number of nitrogens with zero attached hydrogens (tertiary/aromatic N) is 1. The lowest BCUT2D eigenvalue weighted by molar-refractivity contribution is -0.176. The van der Waals surface area contributed by atoms with Gasteiger partial charge in [-0.2, -0.15) is 24.9 Å². The predicted octanol–water partition coefficient (Wildman–Crippen LogP) is 3.96. The summed E-state index contributed by atoms with van der Waals surface area (Å²) < 4.78 is 41.1. The Morgan fingerprint density at radius 2 is 1.96 bits per heavy atom. The number of guanidine groups is 1. The molecular weight excluding hydrogens is 363 g/mol. The van der Waals surface area contributed by atoms with Gasteiger partial charge in [-0.05, 0) is 42.9 Å². The van der Waals surface area contributed by atoms with E-state index in [9.17, 15) is 13.2 Å². The lowest BCUT2D eigenvalue weighted by Crippen LogP contribution is -2.37. The summed E-state index contributed by atoms with van der Waals surface area (Å²) in [5.41, 5.74) is 1.63. The third-order valence-corrected chi connectivity index (χ3v) is 4.05. The number of aliphatic imine (C=N–C) groups is 1. The summed E-state index contributed by atoms with van der Waals surface area (Å²) >= 11 is 1.84. The number of nitrogens with one attached hydrogen (secondary N) is 2. The van der Waals surface area contributed by atoms with Crippen molar-refractivity contribution >= 4 is 17.7 Å². The van der Waals surface area contributed by atoms with Gasteiger partial charge in [0.1, 0.15) is 6.61 Å². The van der Waals surface area contributed by atoms with Gasteiger partial charge in [-0.25, -0.2) is 4.99 Å². The molecule has 0 saturated carbocycles. The van der Waals surface area contributed by atoms with Crippen LogP contribution in [0, 0.1) is 0 Å². The highest BCUT2D eigenvalue weighted by molar-refractivity contribution is 7.98. The standard InChI is InChI=1S/C18H28F3N3OS/c1-3-22-17(23-9-4-5-10-26-2)24-12-15-7-6-8-16(11-15)13-25-14-18(19,20)21/h6-8,11H,3-5,9-10,12-14H2,1-2H3,(H2,22,23,24). The van der Waals surface area contributed by atoms with Gasteiger partial charge in [0.2, 0.25) is 0 Å². The number of hydrogen-bond acceptors (Lipinski definition) is 3. The molecular formula is C18H28F3N3OS. The molecule has 0 aromatic heterocycles. The SMILES string of the molecule is CCNC(=NCc1cccc(COCC(F)(F)F)c1)NCCCCSC. The highest BCUT2D eigenvalue weighted by Gasteiger charge is 2.27. The van der Waals surface area contributed by atoms with Gasteiger partial charge in [0.25, 0.3) is 0 Å². The van der Waals surface area contributed by atoms with Crippen LogP contribution in [0.5, 0.6) is 0 Å². The van der Waals surface area contributed by atoms with Crippen molar-refractivity contribution in [1.82, 2.24) is 10.6 Å². The zero-order valence-corrected chi connectivity index (χ0v) is 16.2. The highest BCUT2D eigenvalue weighted by atomic mass is 32.2. The zero-order chi connectivity index (χ0) is 19.3. The summed E-state index contributed by atoms with van der Waals surface area (Å²) in [6.07, 6.45) is 0.0379. The third-order valence-electron chi connectivity index (χ3n) is 3.36. The van der Waals surface area contributed by atoms with Crippen LogP contribution >= 0.6 is 11.8 Å². The fraction of sp³-hybridized carbons (Fsp3) is 0.611. The molecule has 0 unspecified atom stereocenters. The molecule has 0 aliphatic heterocycles. The maximum Gasteiger partial charge on any atom is 0.411 e. The number of alkyl halides is 3. The number of ether oxygens (including phenoxy) is 1. The Bertz CT molecular complexity index is 539. The highest BCUT2D eigenvalue weighted by Crippen LogP contribution is 2.16. The van der Waals surface area contributed by atoms with Crippen LogP contribution in [0.15, 0.2) is 29.3 Å². The van der Waals surface area contributed by atoms with E-state index in [0.717, 1.165) is 43.2 Å². The first-order valence-electron chi connectivity index (χ1n) is 8.68. The number of halogens is 3. The number of hydrogen-bond donors (Lipinski definition) is 2. The molecule has 0 radical (unpaired) electrons. The second-order valence-corrected chi connectivity index (χ2v) is 6.74. The Labute approximate surface area is 158 Å². The molecule has 4 nitrogen and oxygen atoms in total. The Kier molecular flexibility index (Phi) is 11.2. The van der Waals surface area contributed by atoms with Gasteiger partial charge in [-0.1, -0.05) is 24.3 Å². The number of rotatable bonds is 11. The largest absolute Gasteiger partial charge is 0.411 e. The van der Waals surface area contributed by atoms with E-state index >= 15 is 0 Å². The van der Waals surface area contributed by atoms with E-state index in [1.54, 1.807) is 12.1 Å². The number of benzene rings is 1. The average molecular weight is 392 g/mol. The van der Waals surface area contributed by atoms with Gasteiger partial charge in [0.15, 0.2) is 5.96 Å². The van der Waals surface area contributed by atoms with E-state index in [-0.39, 0.29) is 6.61 Å². The second kappa shape index (κ2) is 12.9. The van der Waals surface area contributed by atoms with E-state index in [2.05, 4.69) is 21.9 Å². The Morgan fingerprint density at radius 1 is 1.19 bits per heavy atom. The van der Waals surface area contributed by atoms with E-state index in [0.29, 0.717) is 12.1 Å². The summed E-state index contributed by atoms with van der Waals surface area (Å²) in [5.74, 6) is 1.90. The van der Waals surface area contributed by atoms with Gasteiger partial charge in [-0.15, -0.1) is 0 Å². The number of unbranched alkanes of at least 4 members (excludes halogenated alkanes) is 1. The van der Waals surface area contributed by atoms with Crippen LogP contribution in [0.2, 0.25) is 0 Å². The van der Waals surface area contributed by atoms with Crippen molar-refractivity contribution in [3.8, 4) is 0 Å². The van der Waals surface area contributed by atoms with Crippen molar-refractivity contribution in [2.75, 3.05) is 31.7 Å². The Morgan fingerprint density at radius 3 is 2.65 bits per heavy atom. The minimum Gasteiger partial charge on any atom is -0.367 e. The normalized spacial score (nSPS) is 12.3. The first-order chi connectivity index (χ1) is 12.4. The van der Waals surface area contributed by atoms with Crippen LogP contribution in [0.3, 0.4) is 0 Å². The molecule has 26 heavy (non-hydrogen) atoms. The molecule has 0 bridgehead atoms. The monoisotopic (exact) mass is 391 g/mol. The minimum atomic E-state index is -4.30. The molecule has 0 saturated heterocycles. The molecule has 0 heterocycles. The lowest BCUT2D eigenvalue weighted by Gasteiger charge is -2.11. The zero-order valence-electron chi connectivity index (χ0n) is 15.4. The smallest absolute Gasteiger partial charge is 0.367 e. The molecule has 0 fully saturated rings. The van der Waals surface area contributed by atoms with Gasteiger partial charge in [0.05, 0.1) is 13.2 Å². The third kappa shape index (κ3) is 11.3. The van der Waals surface area contributed by atoms with Crippen LogP contribution in [-0.4, -0.2) is 43.8 Å². The van der Waals surface area contributed by atoms with Crippen LogP contribution < -0.4 is 10.6 Å². The molecule has 2 N–H and O–H groups in total. The molecule has 148 valence electrons. The van der Waals surface area contributed by atoms with Gasteiger partial charge in [-0.3, -0.25) is 0 Å². The minimum absolute atomic E-state index is 0.0647. The fourth-order valence-corrected chi connectivity index (χ4v) is 2.69. The maximum absolute atomic E-state index is 12.1. The van der Waals surface area contributed by atoms with Crippen molar-refractivity contribution in [2.45, 2.75) is 39.1 Å². The molecule has 0 atom stereocenters. The van der Waals surface area contributed by atoms with Crippen LogP contribution in [0.1, 0.15) is 30.9 Å².